The van der Waals surface area contributed by atoms with Crippen molar-refractivity contribution in [1.82, 2.24) is 9.55 Å². The van der Waals surface area contributed by atoms with Gasteiger partial charge in [-0.1, -0.05) is 12.1 Å². The van der Waals surface area contributed by atoms with Gasteiger partial charge in [-0.2, -0.15) is 4.98 Å². The van der Waals surface area contributed by atoms with Gasteiger partial charge in [0.15, 0.2) is 0 Å². The van der Waals surface area contributed by atoms with Crippen LogP contribution >= 0.6 is 15.9 Å². The zero-order chi connectivity index (χ0) is 14.9. The number of carboxylic acid groups (broad SMARTS) is 1. The van der Waals surface area contributed by atoms with Crippen LogP contribution in [0.15, 0.2) is 33.5 Å². The Balaban J connectivity index is 2.74. The van der Waals surface area contributed by atoms with E-state index in [1.165, 1.54) is 4.57 Å². The highest BCUT2D eigenvalue weighted by atomic mass is 79.9. The number of hydrogen-bond donors (Lipinski definition) is 1. The molecule has 1 aromatic heterocycles. The highest BCUT2D eigenvalue weighted by Crippen LogP contribution is 2.22. The van der Waals surface area contributed by atoms with Crippen molar-refractivity contribution in [2.45, 2.75) is 20.3 Å². The van der Waals surface area contributed by atoms with E-state index in [9.17, 15) is 9.59 Å². The first kappa shape index (κ1) is 14.5. The van der Waals surface area contributed by atoms with E-state index < -0.39 is 11.7 Å². The first-order chi connectivity index (χ1) is 9.41. The third kappa shape index (κ3) is 2.65. The minimum atomic E-state index is -0.949. The van der Waals surface area contributed by atoms with Gasteiger partial charge in [-0.15, -0.1) is 0 Å². The van der Waals surface area contributed by atoms with Crippen molar-refractivity contribution in [1.29, 1.82) is 0 Å². The van der Waals surface area contributed by atoms with Gasteiger partial charge in [0.2, 0.25) is 0 Å². The summed E-state index contributed by atoms with van der Waals surface area (Å²) in [6, 6.07) is 7.24. The van der Waals surface area contributed by atoms with Crippen LogP contribution in [0.1, 0.15) is 17.0 Å². The van der Waals surface area contributed by atoms with Crippen molar-refractivity contribution in [3.63, 3.8) is 0 Å². The fourth-order valence-corrected chi connectivity index (χ4v) is 2.59. The summed E-state index contributed by atoms with van der Waals surface area (Å²) in [5.41, 5.74) is 1.85. The number of aryl methyl sites for hydroxylation is 1. The standard InChI is InChI=1S/C14H13BrN2O3/c1-8-10(7-13(18)19)9(2)17(14(20)16-8)12-6-4-3-5-11(12)15/h3-6H,7H2,1-2H3,(H,18,19). The number of benzene rings is 1. The van der Waals surface area contributed by atoms with E-state index in [0.29, 0.717) is 22.6 Å². The fourth-order valence-electron chi connectivity index (χ4n) is 2.13. The van der Waals surface area contributed by atoms with Crippen LogP contribution < -0.4 is 5.69 Å². The molecule has 0 unspecified atom stereocenters. The van der Waals surface area contributed by atoms with Crippen LogP contribution in [0.2, 0.25) is 0 Å². The topological polar surface area (TPSA) is 72.2 Å². The van der Waals surface area contributed by atoms with E-state index in [-0.39, 0.29) is 6.42 Å². The zero-order valence-electron chi connectivity index (χ0n) is 11.1. The molecule has 0 spiro atoms. The van der Waals surface area contributed by atoms with E-state index in [1.807, 2.05) is 18.2 Å². The maximum absolute atomic E-state index is 12.1. The monoisotopic (exact) mass is 336 g/mol. The van der Waals surface area contributed by atoms with Crippen LogP contribution in [0, 0.1) is 13.8 Å². The molecule has 0 amide bonds. The van der Waals surface area contributed by atoms with Crippen molar-refractivity contribution in [3.05, 3.63) is 56.2 Å². The van der Waals surface area contributed by atoms with Gasteiger partial charge in [-0.05, 0) is 41.9 Å². The Bertz CT molecular complexity index is 738. The SMILES string of the molecule is Cc1nc(=O)n(-c2ccccc2Br)c(C)c1CC(=O)O. The molecule has 6 heteroatoms. The number of hydrogen-bond acceptors (Lipinski definition) is 3. The molecular weight excluding hydrogens is 324 g/mol. The Morgan fingerprint density at radius 2 is 2.00 bits per heavy atom. The summed E-state index contributed by atoms with van der Waals surface area (Å²) in [5.74, 6) is -0.949. The fraction of sp³-hybridized carbons (Fsp3) is 0.214. The minimum Gasteiger partial charge on any atom is -0.481 e. The van der Waals surface area contributed by atoms with Gasteiger partial charge < -0.3 is 5.11 Å². The Morgan fingerprint density at radius 3 is 2.60 bits per heavy atom. The molecule has 2 rings (SSSR count). The van der Waals surface area contributed by atoms with Gasteiger partial charge in [-0.3, -0.25) is 9.36 Å². The van der Waals surface area contributed by atoms with Gasteiger partial charge in [0, 0.05) is 21.4 Å². The molecule has 0 aliphatic rings. The zero-order valence-corrected chi connectivity index (χ0v) is 12.6. The highest BCUT2D eigenvalue weighted by molar-refractivity contribution is 9.10. The molecule has 0 bridgehead atoms. The summed E-state index contributed by atoms with van der Waals surface area (Å²) < 4.78 is 2.17. The summed E-state index contributed by atoms with van der Waals surface area (Å²) in [4.78, 5) is 27.0. The molecule has 0 fully saturated rings. The average Bonchev–Trinajstić information content (AvgIpc) is 2.36. The van der Waals surface area contributed by atoms with Crippen molar-refractivity contribution in [2.24, 2.45) is 0 Å². The highest BCUT2D eigenvalue weighted by Gasteiger charge is 2.16. The molecular formula is C14H13BrN2O3. The summed E-state index contributed by atoms with van der Waals surface area (Å²) in [5, 5.41) is 8.98. The van der Waals surface area contributed by atoms with E-state index >= 15 is 0 Å². The predicted molar refractivity (Wildman–Crippen MR) is 78.3 cm³/mol. The van der Waals surface area contributed by atoms with Gasteiger partial charge >= 0.3 is 11.7 Å². The number of para-hydroxylation sites is 1. The van der Waals surface area contributed by atoms with Gasteiger partial charge in [-0.25, -0.2) is 4.79 Å². The Kier molecular flexibility index (Phi) is 4.04. The van der Waals surface area contributed by atoms with Crippen molar-refractivity contribution < 1.29 is 9.90 Å². The maximum Gasteiger partial charge on any atom is 0.352 e. The van der Waals surface area contributed by atoms with Gasteiger partial charge in [0.05, 0.1) is 12.1 Å². The second-order valence-corrected chi connectivity index (χ2v) is 5.26. The number of aromatic nitrogens is 2. The molecule has 1 aromatic carbocycles. The first-order valence-electron chi connectivity index (χ1n) is 5.97. The molecule has 0 saturated heterocycles. The van der Waals surface area contributed by atoms with Crippen LogP contribution in [0.5, 0.6) is 0 Å². The number of nitrogens with zero attached hydrogens (tertiary/aromatic N) is 2. The van der Waals surface area contributed by atoms with Crippen molar-refractivity contribution in [2.75, 3.05) is 0 Å². The predicted octanol–water partition coefficient (Wildman–Crippen LogP) is 2.24. The third-order valence-corrected chi connectivity index (χ3v) is 3.76. The lowest BCUT2D eigenvalue weighted by Crippen LogP contribution is -2.27. The van der Waals surface area contributed by atoms with E-state index in [2.05, 4.69) is 20.9 Å². The lowest BCUT2D eigenvalue weighted by molar-refractivity contribution is -0.136. The molecule has 20 heavy (non-hydrogen) atoms. The first-order valence-corrected chi connectivity index (χ1v) is 6.77. The van der Waals surface area contributed by atoms with E-state index in [0.717, 1.165) is 4.47 Å². The summed E-state index contributed by atoms with van der Waals surface area (Å²) in [7, 11) is 0. The van der Waals surface area contributed by atoms with Crippen LogP contribution in [0.25, 0.3) is 5.69 Å². The normalized spacial score (nSPS) is 10.6. The van der Waals surface area contributed by atoms with E-state index in [4.69, 9.17) is 5.11 Å². The van der Waals surface area contributed by atoms with Crippen molar-refractivity contribution in [3.8, 4) is 5.69 Å². The Morgan fingerprint density at radius 1 is 1.35 bits per heavy atom. The van der Waals surface area contributed by atoms with Crippen LogP contribution in [-0.2, 0) is 11.2 Å². The van der Waals surface area contributed by atoms with Crippen LogP contribution in [0.3, 0.4) is 0 Å². The lowest BCUT2D eigenvalue weighted by atomic mass is 10.1. The lowest BCUT2D eigenvalue weighted by Gasteiger charge is -2.15. The Labute approximate surface area is 124 Å². The average molecular weight is 337 g/mol. The third-order valence-electron chi connectivity index (χ3n) is 3.08. The molecule has 0 aliphatic heterocycles. The summed E-state index contributed by atoms with van der Waals surface area (Å²) in [6.07, 6.45) is -0.157. The molecule has 5 nitrogen and oxygen atoms in total. The molecule has 0 radical (unpaired) electrons. The quantitative estimate of drug-likeness (QED) is 0.932. The number of halogens is 1. The van der Waals surface area contributed by atoms with Crippen LogP contribution in [0.4, 0.5) is 0 Å². The molecule has 0 atom stereocenters. The maximum atomic E-state index is 12.1. The molecule has 0 saturated carbocycles. The number of carboxylic acids is 1. The molecule has 2 aromatic rings. The summed E-state index contributed by atoms with van der Waals surface area (Å²) >= 11 is 3.39. The molecule has 1 N–H and O–H groups in total. The second-order valence-electron chi connectivity index (χ2n) is 4.40. The second kappa shape index (κ2) is 5.58. The minimum absolute atomic E-state index is 0.157. The smallest absolute Gasteiger partial charge is 0.352 e. The number of carbonyl (C=O) groups is 1. The van der Waals surface area contributed by atoms with Gasteiger partial charge in [0.25, 0.3) is 0 Å². The van der Waals surface area contributed by atoms with Crippen LogP contribution in [-0.4, -0.2) is 20.6 Å². The number of aliphatic carboxylic acids is 1. The molecule has 1 heterocycles. The van der Waals surface area contributed by atoms with E-state index in [1.54, 1.807) is 19.9 Å². The molecule has 0 aliphatic carbocycles. The van der Waals surface area contributed by atoms with Crippen molar-refractivity contribution >= 4 is 21.9 Å². The number of rotatable bonds is 3. The molecule has 104 valence electrons. The Hall–Kier alpha value is -1.95. The van der Waals surface area contributed by atoms with Gasteiger partial charge in [0.1, 0.15) is 0 Å². The summed E-state index contributed by atoms with van der Waals surface area (Å²) in [6.45, 7) is 3.38. The largest absolute Gasteiger partial charge is 0.481 e.